The van der Waals surface area contributed by atoms with Gasteiger partial charge >= 0.3 is 0 Å². The van der Waals surface area contributed by atoms with Crippen molar-refractivity contribution in [3.05, 3.63) is 55.0 Å². The van der Waals surface area contributed by atoms with Crippen molar-refractivity contribution < 1.29 is 14.2 Å². The molecule has 5 rings (SSSR count). The zero-order chi connectivity index (χ0) is 23.0. The number of hydrogen-bond acceptors (Lipinski definition) is 9. The van der Waals surface area contributed by atoms with Crippen LogP contribution in [-0.4, -0.2) is 85.6 Å². The Balaban J connectivity index is 1.19. The van der Waals surface area contributed by atoms with Gasteiger partial charge < -0.3 is 24.4 Å². The zero-order valence-corrected chi connectivity index (χ0v) is 19.2. The van der Waals surface area contributed by atoms with Crippen molar-refractivity contribution in [3.63, 3.8) is 0 Å². The van der Waals surface area contributed by atoms with E-state index in [-0.39, 0.29) is 0 Å². The molecule has 0 saturated carbocycles. The van der Waals surface area contributed by atoms with Gasteiger partial charge in [-0.2, -0.15) is 0 Å². The van der Waals surface area contributed by atoms with Crippen molar-refractivity contribution in [3.8, 4) is 17.0 Å². The summed E-state index contributed by atoms with van der Waals surface area (Å²) < 4.78 is 16.7. The van der Waals surface area contributed by atoms with Crippen LogP contribution in [0.5, 0.6) is 5.75 Å². The number of ether oxygens (including phenoxy) is 3. The standard InChI is InChI=1S/C25H30N6O3/c1-3-23(34-16-9-30-7-12-32-13-8-30)4-2-21(1)28-25-27-6-5-24(29-25)20-17-22(19-26-18-20)31-10-14-33-15-11-31/h1-6,17-19H,7-16H2,(H,27,28,29). The lowest BCUT2D eigenvalue weighted by Gasteiger charge is -2.28. The van der Waals surface area contributed by atoms with Crippen LogP contribution in [0.4, 0.5) is 17.3 Å². The Labute approximate surface area is 199 Å². The maximum Gasteiger partial charge on any atom is 0.227 e. The summed E-state index contributed by atoms with van der Waals surface area (Å²) in [6.45, 7) is 8.34. The quantitative estimate of drug-likeness (QED) is 0.543. The lowest BCUT2D eigenvalue weighted by molar-refractivity contribution is 0.0322. The van der Waals surface area contributed by atoms with E-state index < -0.39 is 0 Å². The van der Waals surface area contributed by atoms with Crippen molar-refractivity contribution in [1.29, 1.82) is 0 Å². The fourth-order valence-corrected chi connectivity index (χ4v) is 4.02. The van der Waals surface area contributed by atoms with Gasteiger partial charge in [0.25, 0.3) is 0 Å². The first kappa shape index (κ1) is 22.5. The highest BCUT2D eigenvalue weighted by Crippen LogP contribution is 2.24. The molecule has 0 aliphatic carbocycles. The first-order chi connectivity index (χ1) is 16.8. The fraction of sp³-hybridized carbons (Fsp3) is 0.400. The van der Waals surface area contributed by atoms with Crippen molar-refractivity contribution in [2.45, 2.75) is 0 Å². The van der Waals surface area contributed by atoms with Gasteiger partial charge in [-0.1, -0.05) is 0 Å². The monoisotopic (exact) mass is 462 g/mol. The Hall–Kier alpha value is -3.27. The number of hydrogen-bond donors (Lipinski definition) is 1. The minimum atomic E-state index is 0.537. The van der Waals surface area contributed by atoms with Crippen molar-refractivity contribution in [2.24, 2.45) is 0 Å². The number of morpholine rings is 2. The van der Waals surface area contributed by atoms with Crippen LogP contribution >= 0.6 is 0 Å². The highest BCUT2D eigenvalue weighted by atomic mass is 16.5. The molecule has 178 valence electrons. The molecule has 0 spiro atoms. The summed E-state index contributed by atoms with van der Waals surface area (Å²) in [5.74, 6) is 1.38. The van der Waals surface area contributed by atoms with Crippen LogP contribution in [0.2, 0.25) is 0 Å². The molecule has 0 unspecified atom stereocenters. The summed E-state index contributed by atoms with van der Waals surface area (Å²) in [5, 5.41) is 3.28. The predicted molar refractivity (Wildman–Crippen MR) is 131 cm³/mol. The Morgan fingerprint density at radius 2 is 1.68 bits per heavy atom. The number of nitrogens with one attached hydrogen (secondary N) is 1. The summed E-state index contributed by atoms with van der Waals surface area (Å²) in [5.41, 5.74) is 3.76. The summed E-state index contributed by atoms with van der Waals surface area (Å²) in [4.78, 5) is 18.1. The third kappa shape index (κ3) is 5.99. The topological polar surface area (TPSA) is 84.9 Å². The molecule has 1 aromatic carbocycles. The van der Waals surface area contributed by atoms with Gasteiger partial charge in [0.15, 0.2) is 0 Å². The molecule has 0 atom stereocenters. The molecule has 9 heteroatoms. The van der Waals surface area contributed by atoms with Gasteiger partial charge in [-0.05, 0) is 36.4 Å². The van der Waals surface area contributed by atoms with Crippen LogP contribution in [0.1, 0.15) is 0 Å². The molecule has 0 bridgehead atoms. The second kappa shape index (κ2) is 11.2. The number of aromatic nitrogens is 3. The second-order valence-corrected chi connectivity index (χ2v) is 8.25. The van der Waals surface area contributed by atoms with Crippen LogP contribution in [0, 0.1) is 0 Å². The predicted octanol–water partition coefficient (Wildman–Crippen LogP) is 2.83. The Kier molecular flexibility index (Phi) is 7.44. The number of rotatable bonds is 8. The molecule has 3 aromatic rings. The maximum atomic E-state index is 5.89. The first-order valence-corrected chi connectivity index (χ1v) is 11.7. The molecule has 2 saturated heterocycles. The number of pyridine rings is 1. The van der Waals surface area contributed by atoms with E-state index in [4.69, 9.17) is 19.2 Å². The molecule has 34 heavy (non-hydrogen) atoms. The van der Waals surface area contributed by atoms with E-state index in [1.54, 1.807) is 6.20 Å². The molecule has 0 amide bonds. The molecule has 1 N–H and O–H groups in total. The van der Waals surface area contributed by atoms with E-state index >= 15 is 0 Å². The minimum absolute atomic E-state index is 0.537. The molecular weight excluding hydrogens is 432 g/mol. The van der Waals surface area contributed by atoms with E-state index in [1.165, 1.54) is 0 Å². The van der Waals surface area contributed by atoms with Gasteiger partial charge in [-0.15, -0.1) is 0 Å². The van der Waals surface area contributed by atoms with E-state index in [9.17, 15) is 0 Å². The van der Waals surface area contributed by atoms with Gasteiger partial charge in [-0.3, -0.25) is 9.88 Å². The van der Waals surface area contributed by atoms with Crippen LogP contribution in [-0.2, 0) is 9.47 Å². The largest absolute Gasteiger partial charge is 0.492 e. The van der Waals surface area contributed by atoms with E-state index in [1.807, 2.05) is 42.7 Å². The normalized spacial score (nSPS) is 16.9. The number of benzene rings is 1. The van der Waals surface area contributed by atoms with E-state index in [0.717, 1.165) is 87.5 Å². The summed E-state index contributed by atoms with van der Waals surface area (Å²) in [6, 6.07) is 11.9. The lowest BCUT2D eigenvalue weighted by Crippen LogP contribution is -2.38. The number of nitrogens with zero attached hydrogens (tertiary/aromatic N) is 5. The SMILES string of the molecule is c1cc(-c2cncc(N3CCOCC3)c2)nc(Nc2ccc(OCCN3CCOCC3)cc2)n1. The molecule has 0 radical (unpaired) electrons. The Morgan fingerprint density at radius 3 is 2.47 bits per heavy atom. The van der Waals surface area contributed by atoms with Crippen molar-refractivity contribution in [1.82, 2.24) is 19.9 Å². The third-order valence-corrected chi connectivity index (χ3v) is 5.94. The highest BCUT2D eigenvalue weighted by Gasteiger charge is 2.13. The lowest BCUT2D eigenvalue weighted by atomic mass is 10.2. The minimum Gasteiger partial charge on any atom is -0.492 e. The summed E-state index contributed by atoms with van der Waals surface area (Å²) in [6.07, 6.45) is 5.48. The summed E-state index contributed by atoms with van der Waals surface area (Å²) in [7, 11) is 0. The number of anilines is 3. The molecule has 2 fully saturated rings. The van der Waals surface area contributed by atoms with E-state index in [2.05, 4.69) is 31.2 Å². The average molecular weight is 463 g/mol. The fourth-order valence-electron chi connectivity index (χ4n) is 4.02. The first-order valence-electron chi connectivity index (χ1n) is 11.7. The smallest absolute Gasteiger partial charge is 0.227 e. The maximum absolute atomic E-state index is 5.89. The third-order valence-electron chi connectivity index (χ3n) is 5.94. The van der Waals surface area contributed by atoms with Crippen LogP contribution < -0.4 is 15.0 Å². The summed E-state index contributed by atoms with van der Waals surface area (Å²) >= 11 is 0. The Bertz CT molecular complexity index is 1050. The zero-order valence-electron chi connectivity index (χ0n) is 19.2. The van der Waals surface area contributed by atoms with Gasteiger partial charge in [0, 0.05) is 56.4 Å². The highest BCUT2D eigenvalue weighted by molar-refractivity contribution is 5.65. The van der Waals surface area contributed by atoms with Crippen molar-refractivity contribution >= 4 is 17.3 Å². The van der Waals surface area contributed by atoms with Gasteiger partial charge in [0.1, 0.15) is 12.4 Å². The Morgan fingerprint density at radius 1 is 0.912 bits per heavy atom. The van der Waals surface area contributed by atoms with Crippen LogP contribution in [0.3, 0.4) is 0 Å². The van der Waals surface area contributed by atoms with Gasteiger partial charge in [-0.25, -0.2) is 9.97 Å². The van der Waals surface area contributed by atoms with Gasteiger partial charge in [0.05, 0.1) is 44.0 Å². The van der Waals surface area contributed by atoms with E-state index in [0.29, 0.717) is 12.6 Å². The molecule has 4 heterocycles. The average Bonchev–Trinajstić information content (AvgIpc) is 2.91. The molecule has 2 aliphatic heterocycles. The second-order valence-electron chi connectivity index (χ2n) is 8.25. The van der Waals surface area contributed by atoms with Gasteiger partial charge in [0.2, 0.25) is 5.95 Å². The molecule has 2 aliphatic rings. The van der Waals surface area contributed by atoms with Crippen LogP contribution in [0.25, 0.3) is 11.3 Å². The molecular formula is C25H30N6O3. The molecule has 9 nitrogen and oxygen atoms in total. The molecule has 2 aromatic heterocycles. The van der Waals surface area contributed by atoms with Crippen LogP contribution in [0.15, 0.2) is 55.0 Å². The van der Waals surface area contributed by atoms with Crippen molar-refractivity contribution in [2.75, 3.05) is 76.0 Å².